The third-order valence-electron chi connectivity index (χ3n) is 4.09. The number of amides is 1. The van der Waals surface area contributed by atoms with E-state index in [2.05, 4.69) is 5.32 Å². The van der Waals surface area contributed by atoms with Crippen LogP contribution in [0.25, 0.3) is 0 Å². The molecule has 0 saturated carbocycles. The third-order valence-corrected chi connectivity index (χ3v) is 5.86. The second-order valence-corrected chi connectivity index (χ2v) is 8.37. The molecule has 2 aromatic carbocycles. The number of nitrogens with one attached hydrogen (secondary N) is 1. The predicted molar refractivity (Wildman–Crippen MR) is 108 cm³/mol. The molecule has 7 nitrogen and oxygen atoms in total. The minimum Gasteiger partial charge on any atom is -0.468 e. The molecule has 2 aromatic rings. The number of para-hydroxylation sites is 1. The Labute approximate surface area is 165 Å². The summed E-state index contributed by atoms with van der Waals surface area (Å²) < 4.78 is 32.4. The maximum Gasteiger partial charge on any atom is 0.326 e. The van der Waals surface area contributed by atoms with Crippen LogP contribution in [-0.2, 0) is 24.3 Å². The molecule has 8 heteroatoms. The highest BCUT2D eigenvalue weighted by Crippen LogP contribution is 2.31. The van der Waals surface area contributed by atoms with E-state index in [1.54, 1.807) is 12.1 Å². The molecule has 0 saturated heterocycles. The van der Waals surface area contributed by atoms with Gasteiger partial charge in [-0.3, -0.25) is 13.9 Å². The van der Waals surface area contributed by atoms with Crippen molar-refractivity contribution in [2.24, 2.45) is 0 Å². The van der Waals surface area contributed by atoms with Gasteiger partial charge >= 0.3 is 5.97 Å². The van der Waals surface area contributed by atoms with Crippen LogP contribution in [-0.4, -0.2) is 33.9 Å². The van der Waals surface area contributed by atoms with Gasteiger partial charge in [0.1, 0.15) is 6.54 Å². The Balaban J connectivity index is 2.54. The molecule has 1 N–H and O–H groups in total. The summed E-state index contributed by atoms with van der Waals surface area (Å²) in [6.07, 6.45) is 0. The van der Waals surface area contributed by atoms with Crippen molar-refractivity contribution in [3.05, 3.63) is 54.1 Å². The molecule has 0 radical (unpaired) electrons. The van der Waals surface area contributed by atoms with Gasteiger partial charge in [-0.15, -0.1) is 0 Å². The monoisotopic (exact) mass is 404 g/mol. The van der Waals surface area contributed by atoms with E-state index < -0.39 is 22.5 Å². The summed E-state index contributed by atoms with van der Waals surface area (Å²) in [5.74, 6) is -0.875. The van der Waals surface area contributed by atoms with Gasteiger partial charge in [-0.25, -0.2) is 8.42 Å². The van der Waals surface area contributed by atoms with E-state index in [4.69, 9.17) is 4.74 Å². The number of benzene rings is 2. The van der Waals surface area contributed by atoms with Crippen molar-refractivity contribution in [3.8, 4) is 0 Å². The van der Waals surface area contributed by atoms with Crippen LogP contribution in [0, 0.1) is 0 Å². The van der Waals surface area contributed by atoms with Gasteiger partial charge in [0.2, 0.25) is 5.91 Å². The molecule has 0 aliphatic carbocycles. The van der Waals surface area contributed by atoms with Gasteiger partial charge in [-0.05, 0) is 41.8 Å². The Kier molecular flexibility index (Phi) is 6.80. The van der Waals surface area contributed by atoms with Crippen LogP contribution in [0.4, 0.5) is 11.4 Å². The smallest absolute Gasteiger partial charge is 0.326 e. The summed E-state index contributed by atoms with van der Waals surface area (Å²) >= 11 is 0. The van der Waals surface area contributed by atoms with Gasteiger partial charge in [0.15, 0.2) is 0 Å². The van der Waals surface area contributed by atoms with Crippen LogP contribution >= 0.6 is 0 Å². The lowest BCUT2D eigenvalue weighted by Gasteiger charge is -2.26. The van der Waals surface area contributed by atoms with Crippen molar-refractivity contribution in [1.82, 2.24) is 0 Å². The third kappa shape index (κ3) is 4.89. The number of rotatable bonds is 7. The van der Waals surface area contributed by atoms with E-state index in [0.717, 1.165) is 9.87 Å². The van der Waals surface area contributed by atoms with Gasteiger partial charge in [-0.1, -0.05) is 32.0 Å². The number of ether oxygens (including phenoxy) is 1. The number of hydrogen-bond donors (Lipinski definition) is 1. The average molecular weight is 404 g/mol. The molecule has 0 fully saturated rings. The Hall–Kier alpha value is -2.87. The molecule has 28 heavy (non-hydrogen) atoms. The number of methoxy groups -OCH3 is 1. The molecule has 1 amide bonds. The summed E-state index contributed by atoms with van der Waals surface area (Å²) in [6, 6.07) is 12.8. The Morgan fingerprint density at radius 1 is 1.07 bits per heavy atom. The quantitative estimate of drug-likeness (QED) is 0.716. The van der Waals surface area contributed by atoms with Crippen molar-refractivity contribution in [2.75, 3.05) is 23.3 Å². The number of anilines is 2. The molecular formula is C20H24N2O5S. The minimum atomic E-state index is -4.04. The lowest BCUT2D eigenvalue weighted by molar-refractivity contribution is -0.138. The van der Waals surface area contributed by atoms with E-state index >= 15 is 0 Å². The van der Waals surface area contributed by atoms with Gasteiger partial charge < -0.3 is 10.1 Å². The summed E-state index contributed by atoms with van der Waals surface area (Å²) in [5, 5.41) is 2.59. The molecule has 0 bridgehead atoms. The fraction of sp³-hybridized carbons (Fsp3) is 0.300. The molecule has 0 spiro atoms. The van der Waals surface area contributed by atoms with E-state index in [1.807, 2.05) is 26.0 Å². The van der Waals surface area contributed by atoms with Crippen LogP contribution < -0.4 is 9.62 Å². The van der Waals surface area contributed by atoms with E-state index in [-0.39, 0.29) is 16.7 Å². The Morgan fingerprint density at radius 2 is 1.68 bits per heavy atom. The molecule has 2 rings (SSSR count). The van der Waals surface area contributed by atoms with E-state index in [0.29, 0.717) is 11.4 Å². The zero-order valence-corrected chi connectivity index (χ0v) is 17.1. The molecule has 0 aliphatic heterocycles. The standard InChI is InChI=1S/C20H24N2O5S/c1-14(2)18-7-5-6-8-19(18)22(13-20(24)27-4)28(25,26)17-11-9-16(10-12-17)21-15(3)23/h5-12,14H,13H2,1-4H3,(H,21,23). The normalized spacial score (nSPS) is 11.2. The maximum atomic E-state index is 13.3. The maximum absolute atomic E-state index is 13.3. The van der Waals surface area contributed by atoms with Gasteiger partial charge in [0.25, 0.3) is 10.0 Å². The number of nitrogens with zero attached hydrogens (tertiary/aromatic N) is 1. The van der Waals surface area contributed by atoms with E-state index in [1.165, 1.54) is 38.3 Å². The highest BCUT2D eigenvalue weighted by Gasteiger charge is 2.29. The first-order chi connectivity index (χ1) is 13.2. The first kappa shape index (κ1) is 21.4. The van der Waals surface area contributed by atoms with Gasteiger partial charge in [0, 0.05) is 12.6 Å². The second kappa shape index (κ2) is 8.88. The first-order valence-corrected chi connectivity index (χ1v) is 10.2. The number of esters is 1. The number of carbonyl (C=O) groups excluding carboxylic acids is 2. The average Bonchev–Trinajstić information content (AvgIpc) is 2.65. The van der Waals surface area contributed by atoms with Crippen LogP contribution in [0.15, 0.2) is 53.4 Å². The molecule has 0 atom stereocenters. The van der Waals surface area contributed by atoms with Crippen molar-refractivity contribution >= 4 is 33.3 Å². The zero-order chi connectivity index (χ0) is 20.9. The zero-order valence-electron chi connectivity index (χ0n) is 16.3. The summed E-state index contributed by atoms with van der Waals surface area (Å²) in [6.45, 7) is 4.82. The fourth-order valence-corrected chi connectivity index (χ4v) is 4.16. The van der Waals surface area contributed by atoms with Crippen molar-refractivity contribution < 1.29 is 22.7 Å². The topological polar surface area (TPSA) is 92.8 Å². The molecule has 150 valence electrons. The minimum absolute atomic E-state index is 0.00376. The fourth-order valence-electron chi connectivity index (χ4n) is 2.73. The van der Waals surface area contributed by atoms with Gasteiger partial charge in [0.05, 0.1) is 17.7 Å². The van der Waals surface area contributed by atoms with Gasteiger partial charge in [-0.2, -0.15) is 0 Å². The SMILES string of the molecule is COC(=O)CN(c1ccccc1C(C)C)S(=O)(=O)c1ccc(NC(C)=O)cc1. The van der Waals surface area contributed by atoms with Crippen LogP contribution in [0.3, 0.4) is 0 Å². The number of sulfonamides is 1. The van der Waals surface area contributed by atoms with Crippen LogP contribution in [0.2, 0.25) is 0 Å². The number of carbonyl (C=O) groups is 2. The molecule has 0 unspecified atom stereocenters. The van der Waals surface area contributed by atoms with Crippen molar-refractivity contribution in [1.29, 1.82) is 0 Å². The lowest BCUT2D eigenvalue weighted by Crippen LogP contribution is -2.37. The summed E-state index contributed by atoms with van der Waals surface area (Å²) in [5.41, 5.74) is 1.70. The Morgan fingerprint density at radius 3 is 2.21 bits per heavy atom. The van der Waals surface area contributed by atoms with Crippen molar-refractivity contribution in [3.63, 3.8) is 0 Å². The second-order valence-electron chi connectivity index (χ2n) is 6.51. The molecule has 0 aromatic heterocycles. The lowest BCUT2D eigenvalue weighted by atomic mass is 10.0. The molecular weight excluding hydrogens is 380 g/mol. The predicted octanol–water partition coefficient (Wildman–Crippen LogP) is 3.14. The van der Waals surface area contributed by atoms with E-state index in [9.17, 15) is 18.0 Å². The Bertz CT molecular complexity index is 953. The summed E-state index contributed by atoms with van der Waals surface area (Å²) in [4.78, 5) is 23.1. The van der Waals surface area contributed by atoms with Crippen LogP contribution in [0.5, 0.6) is 0 Å². The largest absolute Gasteiger partial charge is 0.468 e. The summed E-state index contributed by atoms with van der Waals surface area (Å²) in [7, 11) is -2.83. The highest BCUT2D eigenvalue weighted by atomic mass is 32.2. The van der Waals surface area contributed by atoms with Crippen molar-refractivity contribution in [2.45, 2.75) is 31.6 Å². The van der Waals surface area contributed by atoms with Crippen LogP contribution in [0.1, 0.15) is 32.3 Å². The first-order valence-electron chi connectivity index (χ1n) is 8.73. The number of hydrogen-bond acceptors (Lipinski definition) is 5. The molecule has 0 aliphatic rings. The highest BCUT2D eigenvalue weighted by molar-refractivity contribution is 7.92. The molecule has 0 heterocycles.